The van der Waals surface area contributed by atoms with Gasteiger partial charge in [0.2, 0.25) is 0 Å². The Morgan fingerprint density at radius 2 is 1.60 bits per heavy atom. The summed E-state index contributed by atoms with van der Waals surface area (Å²) in [4.78, 5) is 4.53. The molecule has 0 radical (unpaired) electrons. The first-order chi connectivity index (χ1) is 9.52. The van der Waals surface area contributed by atoms with E-state index < -0.39 is 0 Å². The van der Waals surface area contributed by atoms with Crippen molar-refractivity contribution in [3.05, 3.63) is 47.3 Å². The minimum atomic E-state index is 0.408. The summed E-state index contributed by atoms with van der Waals surface area (Å²) in [6.45, 7) is 8.78. The molecule has 0 N–H and O–H groups in total. The molecule has 0 aliphatic carbocycles. The Bertz CT molecular complexity index is 562. The molecule has 0 amide bonds. The number of thiocarbonyl (C=S) groups is 1. The molecule has 2 rings (SSSR count). The molecule has 20 heavy (non-hydrogen) atoms. The highest BCUT2D eigenvalue weighted by molar-refractivity contribution is 7.80. The van der Waals surface area contributed by atoms with Crippen molar-refractivity contribution in [1.29, 1.82) is 0 Å². The number of rotatable bonds is 4. The molecule has 0 aliphatic heterocycles. The van der Waals surface area contributed by atoms with Crippen LogP contribution in [-0.2, 0) is 0 Å². The van der Waals surface area contributed by atoms with Crippen LogP contribution in [-0.4, -0.2) is 22.0 Å². The molecule has 1 heterocycles. The zero-order chi connectivity index (χ0) is 14.7. The zero-order valence-electron chi connectivity index (χ0n) is 12.5. The Morgan fingerprint density at radius 3 is 2.15 bits per heavy atom. The molecule has 0 fully saturated rings. The molecule has 1 nitrogen and oxygen atoms in total. The van der Waals surface area contributed by atoms with Gasteiger partial charge >= 0.3 is 0 Å². The van der Waals surface area contributed by atoms with E-state index in [0.717, 1.165) is 4.99 Å². The quantitative estimate of drug-likeness (QED) is 0.713. The van der Waals surface area contributed by atoms with Crippen molar-refractivity contribution in [3.8, 4) is 10.4 Å². The van der Waals surface area contributed by atoms with E-state index in [1.807, 2.05) is 6.07 Å². The Kier molecular flexibility index (Phi) is 4.95. The summed E-state index contributed by atoms with van der Waals surface area (Å²) < 4.78 is 0. The van der Waals surface area contributed by atoms with Crippen LogP contribution in [0.15, 0.2) is 41.8 Å². The van der Waals surface area contributed by atoms with E-state index in [9.17, 15) is 0 Å². The van der Waals surface area contributed by atoms with E-state index in [-0.39, 0.29) is 0 Å². The van der Waals surface area contributed by atoms with Crippen molar-refractivity contribution in [3.63, 3.8) is 0 Å². The number of benzene rings is 1. The molecule has 0 spiro atoms. The summed E-state index contributed by atoms with van der Waals surface area (Å²) in [6, 6.07) is 13.4. The van der Waals surface area contributed by atoms with Crippen molar-refractivity contribution >= 4 is 28.5 Å². The molecule has 2 aromatic rings. The monoisotopic (exact) mass is 303 g/mol. The van der Waals surface area contributed by atoms with Crippen molar-refractivity contribution < 1.29 is 0 Å². The summed E-state index contributed by atoms with van der Waals surface area (Å²) in [6.07, 6.45) is 0. The number of thiophene rings is 1. The summed E-state index contributed by atoms with van der Waals surface area (Å²) in [5.41, 5.74) is 2.42. The third-order valence-corrected chi connectivity index (χ3v) is 4.67. The fraction of sp³-hybridized carbons (Fsp3) is 0.353. The molecule has 0 bridgehead atoms. The van der Waals surface area contributed by atoms with Crippen molar-refractivity contribution in [1.82, 2.24) is 4.90 Å². The van der Waals surface area contributed by atoms with Gasteiger partial charge in [-0.1, -0.05) is 42.5 Å². The molecule has 0 saturated carbocycles. The predicted octanol–water partition coefficient (Wildman–Crippen LogP) is 5.21. The zero-order valence-corrected chi connectivity index (χ0v) is 14.1. The Morgan fingerprint density at radius 1 is 1.00 bits per heavy atom. The maximum absolute atomic E-state index is 5.77. The van der Waals surface area contributed by atoms with Gasteiger partial charge in [-0.2, -0.15) is 0 Å². The molecular formula is C17H21NS2. The summed E-state index contributed by atoms with van der Waals surface area (Å²) >= 11 is 7.53. The van der Waals surface area contributed by atoms with E-state index in [0.29, 0.717) is 12.1 Å². The normalized spacial score (nSPS) is 11.1. The largest absolute Gasteiger partial charge is 0.357 e. The Hall–Kier alpha value is -1.19. The van der Waals surface area contributed by atoms with Gasteiger partial charge < -0.3 is 4.90 Å². The van der Waals surface area contributed by atoms with E-state index >= 15 is 0 Å². The molecule has 3 heteroatoms. The van der Waals surface area contributed by atoms with Crippen LogP contribution in [0.4, 0.5) is 0 Å². The van der Waals surface area contributed by atoms with Gasteiger partial charge in [-0.05, 0) is 44.7 Å². The van der Waals surface area contributed by atoms with Gasteiger partial charge in [0, 0.05) is 22.5 Å². The minimum Gasteiger partial charge on any atom is -0.357 e. The number of nitrogens with zero attached hydrogens (tertiary/aromatic N) is 1. The van der Waals surface area contributed by atoms with Crippen LogP contribution >= 0.6 is 23.6 Å². The van der Waals surface area contributed by atoms with E-state index in [1.54, 1.807) is 11.3 Å². The highest BCUT2D eigenvalue weighted by Gasteiger charge is 2.21. The Labute approximate surface area is 131 Å². The van der Waals surface area contributed by atoms with Crippen LogP contribution in [0.3, 0.4) is 0 Å². The first-order valence-corrected chi connectivity index (χ1v) is 8.26. The molecule has 0 unspecified atom stereocenters. The van der Waals surface area contributed by atoms with Crippen LogP contribution in [0.5, 0.6) is 0 Å². The minimum absolute atomic E-state index is 0.408. The van der Waals surface area contributed by atoms with Crippen LogP contribution in [0.25, 0.3) is 10.4 Å². The van der Waals surface area contributed by atoms with Crippen LogP contribution in [0.1, 0.15) is 33.3 Å². The van der Waals surface area contributed by atoms with Crippen molar-refractivity contribution in [2.45, 2.75) is 39.8 Å². The van der Waals surface area contributed by atoms with Gasteiger partial charge in [-0.15, -0.1) is 11.3 Å². The van der Waals surface area contributed by atoms with Crippen LogP contribution < -0.4 is 0 Å². The van der Waals surface area contributed by atoms with Crippen molar-refractivity contribution in [2.75, 3.05) is 0 Å². The molecule has 0 atom stereocenters. The fourth-order valence-electron chi connectivity index (χ4n) is 2.50. The standard InChI is InChI=1S/C17H21NS2/c1-12(2)18(13(3)4)17(19)15-10-11-20-16(15)14-8-6-5-7-9-14/h5-13H,1-4H3. The maximum Gasteiger partial charge on any atom is 0.111 e. The summed E-state index contributed by atoms with van der Waals surface area (Å²) in [5.74, 6) is 0. The summed E-state index contributed by atoms with van der Waals surface area (Å²) in [5, 5.41) is 2.13. The van der Waals surface area contributed by atoms with Gasteiger partial charge in [-0.25, -0.2) is 0 Å². The molecule has 106 valence electrons. The topological polar surface area (TPSA) is 3.24 Å². The lowest BCUT2D eigenvalue weighted by Gasteiger charge is -2.33. The first-order valence-electron chi connectivity index (χ1n) is 6.98. The third kappa shape index (κ3) is 3.10. The lowest BCUT2D eigenvalue weighted by molar-refractivity contribution is 0.298. The average molecular weight is 303 g/mol. The van der Waals surface area contributed by atoms with Crippen LogP contribution in [0, 0.1) is 0 Å². The number of hydrogen-bond acceptors (Lipinski definition) is 2. The molecule has 1 aromatic carbocycles. The molecular weight excluding hydrogens is 282 g/mol. The van der Waals surface area contributed by atoms with Gasteiger partial charge in [0.25, 0.3) is 0 Å². The van der Waals surface area contributed by atoms with E-state index in [1.165, 1.54) is 16.0 Å². The maximum atomic E-state index is 5.77. The first kappa shape index (κ1) is 15.2. The van der Waals surface area contributed by atoms with Crippen LogP contribution in [0.2, 0.25) is 0 Å². The molecule has 0 aliphatic rings. The molecule has 1 aromatic heterocycles. The smallest absolute Gasteiger partial charge is 0.111 e. The second kappa shape index (κ2) is 6.51. The van der Waals surface area contributed by atoms with Crippen molar-refractivity contribution in [2.24, 2.45) is 0 Å². The lowest BCUT2D eigenvalue weighted by Crippen LogP contribution is -2.41. The fourth-order valence-corrected chi connectivity index (χ4v) is 4.06. The summed E-state index contributed by atoms with van der Waals surface area (Å²) in [7, 11) is 0. The predicted molar refractivity (Wildman–Crippen MR) is 93.6 cm³/mol. The second-order valence-electron chi connectivity index (χ2n) is 5.43. The van der Waals surface area contributed by atoms with Gasteiger partial charge in [0.05, 0.1) is 0 Å². The van der Waals surface area contributed by atoms with Gasteiger partial charge in [-0.3, -0.25) is 0 Å². The highest BCUT2D eigenvalue weighted by atomic mass is 32.1. The SMILES string of the molecule is CC(C)N(C(=S)c1ccsc1-c1ccccc1)C(C)C. The van der Waals surface area contributed by atoms with E-state index in [4.69, 9.17) is 12.2 Å². The lowest BCUT2D eigenvalue weighted by atomic mass is 10.1. The molecule has 0 saturated heterocycles. The van der Waals surface area contributed by atoms with E-state index in [2.05, 4.69) is 68.3 Å². The van der Waals surface area contributed by atoms with Gasteiger partial charge in [0.15, 0.2) is 0 Å². The highest BCUT2D eigenvalue weighted by Crippen LogP contribution is 2.31. The third-order valence-electron chi connectivity index (χ3n) is 3.28. The Balaban J connectivity index is 2.40. The average Bonchev–Trinajstić information content (AvgIpc) is 2.88. The number of hydrogen-bond donors (Lipinski definition) is 0. The van der Waals surface area contributed by atoms with Gasteiger partial charge in [0.1, 0.15) is 4.99 Å². The second-order valence-corrected chi connectivity index (χ2v) is 6.73.